The van der Waals surface area contributed by atoms with E-state index in [9.17, 15) is 22.4 Å². The zero-order valence-electron chi connectivity index (χ0n) is 16.8. The van der Waals surface area contributed by atoms with E-state index in [4.69, 9.17) is 11.6 Å². The van der Waals surface area contributed by atoms with Crippen LogP contribution in [0.4, 0.5) is 10.1 Å². The standard InChI is InChI=1S/C21H22ClFN2O5S/c1-30-21(27)15-6-9-18(22)19(11-15)24-20(26)16-3-2-10-25(12-16)31(28,29)13-14-4-7-17(23)8-5-14/h4-9,11,16H,2-3,10,12-13H2,1H3,(H,24,26)/t16-/m1/s1. The lowest BCUT2D eigenvalue weighted by molar-refractivity contribution is -0.120. The Morgan fingerprint density at radius 3 is 2.61 bits per heavy atom. The average Bonchev–Trinajstić information content (AvgIpc) is 2.76. The molecule has 2 aromatic rings. The number of hydrogen-bond donors (Lipinski definition) is 1. The number of ether oxygens (including phenoxy) is 1. The molecule has 1 saturated heterocycles. The fourth-order valence-corrected chi connectivity index (χ4v) is 5.17. The molecule has 2 aromatic carbocycles. The Balaban J connectivity index is 1.69. The van der Waals surface area contributed by atoms with Crippen molar-refractivity contribution in [3.05, 3.63) is 64.4 Å². The van der Waals surface area contributed by atoms with Gasteiger partial charge in [-0.15, -0.1) is 0 Å². The van der Waals surface area contributed by atoms with E-state index in [1.807, 2.05) is 0 Å². The number of esters is 1. The second-order valence-corrected chi connectivity index (χ2v) is 9.63. The highest BCUT2D eigenvalue weighted by Gasteiger charge is 2.32. The Hall–Kier alpha value is -2.49. The molecule has 0 aromatic heterocycles. The van der Waals surface area contributed by atoms with Crippen molar-refractivity contribution in [2.45, 2.75) is 18.6 Å². The molecular weight excluding hydrogens is 447 g/mol. The topological polar surface area (TPSA) is 92.8 Å². The molecule has 0 saturated carbocycles. The summed E-state index contributed by atoms with van der Waals surface area (Å²) in [6, 6.07) is 9.65. The summed E-state index contributed by atoms with van der Waals surface area (Å²) in [5.74, 6) is -2.23. The van der Waals surface area contributed by atoms with Crippen molar-refractivity contribution in [3.8, 4) is 0 Å². The van der Waals surface area contributed by atoms with Crippen LogP contribution >= 0.6 is 11.6 Å². The van der Waals surface area contributed by atoms with Gasteiger partial charge in [0.25, 0.3) is 0 Å². The van der Waals surface area contributed by atoms with Gasteiger partial charge in [0, 0.05) is 13.1 Å². The summed E-state index contributed by atoms with van der Waals surface area (Å²) in [5, 5.41) is 2.93. The van der Waals surface area contributed by atoms with Crippen LogP contribution in [0.15, 0.2) is 42.5 Å². The Kier molecular flexibility index (Phi) is 7.30. The molecule has 10 heteroatoms. The van der Waals surface area contributed by atoms with Crippen LogP contribution in [0.5, 0.6) is 0 Å². The molecule has 0 unspecified atom stereocenters. The number of piperidine rings is 1. The van der Waals surface area contributed by atoms with E-state index in [0.29, 0.717) is 24.9 Å². The maximum Gasteiger partial charge on any atom is 0.337 e. The first-order valence-corrected chi connectivity index (χ1v) is 11.6. The number of hydrogen-bond acceptors (Lipinski definition) is 5. The predicted octanol–water partition coefficient (Wildman–Crippen LogP) is 3.45. The van der Waals surface area contributed by atoms with Crippen LogP contribution in [0.25, 0.3) is 0 Å². The molecule has 0 aliphatic carbocycles. The summed E-state index contributed by atoms with van der Waals surface area (Å²) in [4.78, 5) is 24.5. The number of nitrogens with one attached hydrogen (secondary N) is 1. The van der Waals surface area contributed by atoms with E-state index >= 15 is 0 Å². The van der Waals surface area contributed by atoms with Crippen molar-refractivity contribution in [2.75, 3.05) is 25.5 Å². The van der Waals surface area contributed by atoms with E-state index in [0.717, 1.165) is 0 Å². The molecule has 0 spiro atoms. The van der Waals surface area contributed by atoms with Gasteiger partial charge in [0.1, 0.15) is 5.82 Å². The molecule has 31 heavy (non-hydrogen) atoms. The van der Waals surface area contributed by atoms with Crippen LogP contribution < -0.4 is 5.32 Å². The molecule has 1 amide bonds. The Morgan fingerprint density at radius 1 is 1.23 bits per heavy atom. The quantitative estimate of drug-likeness (QED) is 0.655. The van der Waals surface area contributed by atoms with E-state index < -0.39 is 27.7 Å². The summed E-state index contributed by atoms with van der Waals surface area (Å²) >= 11 is 6.13. The van der Waals surface area contributed by atoms with Crippen LogP contribution in [-0.2, 0) is 25.3 Å². The van der Waals surface area contributed by atoms with Gasteiger partial charge in [-0.25, -0.2) is 21.9 Å². The van der Waals surface area contributed by atoms with Gasteiger partial charge in [-0.3, -0.25) is 4.79 Å². The number of methoxy groups -OCH3 is 1. The number of carbonyl (C=O) groups excluding carboxylic acids is 2. The fourth-order valence-electron chi connectivity index (χ4n) is 3.39. The van der Waals surface area contributed by atoms with E-state index in [1.165, 1.54) is 53.9 Å². The molecule has 1 atom stereocenters. The first kappa shape index (κ1) is 23.2. The fraction of sp³-hybridized carbons (Fsp3) is 0.333. The van der Waals surface area contributed by atoms with Gasteiger partial charge in [-0.1, -0.05) is 23.7 Å². The Bertz CT molecular complexity index is 1080. The number of benzene rings is 2. The number of carbonyl (C=O) groups is 2. The molecule has 7 nitrogen and oxygen atoms in total. The van der Waals surface area contributed by atoms with Crippen molar-refractivity contribution in [3.63, 3.8) is 0 Å². The van der Waals surface area contributed by atoms with Gasteiger partial charge in [-0.2, -0.15) is 0 Å². The van der Waals surface area contributed by atoms with Crippen molar-refractivity contribution in [2.24, 2.45) is 5.92 Å². The van der Waals surface area contributed by atoms with Gasteiger partial charge in [-0.05, 0) is 48.7 Å². The first-order chi connectivity index (χ1) is 14.7. The van der Waals surface area contributed by atoms with Crippen molar-refractivity contribution in [1.82, 2.24) is 4.31 Å². The minimum Gasteiger partial charge on any atom is -0.465 e. The summed E-state index contributed by atoms with van der Waals surface area (Å²) < 4.78 is 44.6. The Morgan fingerprint density at radius 2 is 1.94 bits per heavy atom. The molecule has 1 aliphatic rings. The molecule has 1 fully saturated rings. The number of nitrogens with zero attached hydrogens (tertiary/aromatic N) is 1. The third-order valence-corrected chi connectivity index (χ3v) is 7.20. The molecule has 166 valence electrons. The van der Waals surface area contributed by atoms with E-state index in [1.54, 1.807) is 0 Å². The third kappa shape index (κ3) is 5.81. The highest BCUT2D eigenvalue weighted by molar-refractivity contribution is 7.88. The highest BCUT2D eigenvalue weighted by atomic mass is 35.5. The zero-order chi connectivity index (χ0) is 22.6. The van der Waals surface area contributed by atoms with Crippen LogP contribution in [0.1, 0.15) is 28.8 Å². The molecular formula is C21H22ClFN2O5S. The predicted molar refractivity (Wildman–Crippen MR) is 115 cm³/mol. The second kappa shape index (κ2) is 9.76. The number of sulfonamides is 1. The van der Waals surface area contributed by atoms with Gasteiger partial charge in [0.05, 0.1) is 35.1 Å². The number of anilines is 1. The highest BCUT2D eigenvalue weighted by Crippen LogP contribution is 2.27. The van der Waals surface area contributed by atoms with Crippen molar-refractivity contribution < 1.29 is 27.1 Å². The summed E-state index contributed by atoms with van der Waals surface area (Å²) in [6.45, 7) is 0.343. The minimum absolute atomic E-state index is 0.0314. The van der Waals surface area contributed by atoms with E-state index in [2.05, 4.69) is 10.1 Å². The smallest absolute Gasteiger partial charge is 0.337 e. The summed E-state index contributed by atoms with van der Waals surface area (Å²) in [6.07, 6.45) is 1.04. The summed E-state index contributed by atoms with van der Waals surface area (Å²) in [7, 11) is -2.43. The molecule has 0 radical (unpaired) electrons. The zero-order valence-corrected chi connectivity index (χ0v) is 18.4. The SMILES string of the molecule is COC(=O)c1ccc(Cl)c(NC(=O)[C@@H]2CCCN(S(=O)(=O)Cc3ccc(F)cc3)C2)c1. The van der Waals surface area contributed by atoms with Crippen LogP contribution in [-0.4, -0.2) is 44.8 Å². The molecule has 1 heterocycles. The summed E-state index contributed by atoms with van der Waals surface area (Å²) in [5.41, 5.74) is 0.953. The second-order valence-electron chi connectivity index (χ2n) is 7.26. The van der Waals surface area contributed by atoms with Crippen molar-refractivity contribution in [1.29, 1.82) is 0 Å². The number of halogens is 2. The Labute approximate surface area is 185 Å². The number of rotatable bonds is 6. The van der Waals surface area contributed by atoms with Gasteiger partial charge in [0.15, 0.2) is 0 Å². The van der Waals surface area contributed by atoms with Crippen molar-refractivity contribution >= 4 is 39.2 Å². The van der Waals surface area contributed by atoms with E-state index in [-0.39, 0.29) is 34.5 Å². The van der Waals surface area contributed by atoms with Gasteiger partial charge in [0.2, 0.25) is 15.9 Å². The largest absolute Gasteiger partial charge is 0.465 e. The minimum atomic E-state index is -3.67. The maximum atomic E-state index is 13.1. The molecule has 3 rings (SSSR count). The lowest BCUT2D eigenvalue weighted by Crippen LogP contribution is -2.44. The lowest BCUT2D eigenvalue weighted by atomic mass is 9.98. The molecule has 0 bridgehead atoms. The normalized spacial score (nSPS) is 17.2. The lowest BCUT2D eigenvalue weighted by Gasteiger charge is -2.31. The number of amides is 1. The van der Waals surface area contributed by atoms with Crippen LogP contribution in [0.2, 0.25) is 5.02 Å². The molecule has 1 aliphatic heterocycles. The maximum absolute atomic E-state index is 13.1. The third-order valence-electron chi connectivity index (χ3n) is 5.06. The monoisotopic (exact) mass is 468 g/mol. The van der Waals surface area contributed by atoms with Gasteiger partial charge >= 0.3 is 5.97 Å². The molecule has 1 N–H and O–H groups in total. The van der Waals surface area contributed by atoms with Crippen LogP contribution in [0, 0.1) is 11.7 Å². The van der Waals surface area contributed by atoms with Gasteiger partial charge < -0.3 is 10.1 Å². The van der Waals surface area contributed by atoms with Crippen LogP contribution in [0.3, 0.4) is 0 Å². The average molecular weight is 469 g/mol. The first-order valence-electron chi connectivity index (χ1n) is 9.60.